The number of rotatable bonds is 3. The predicted octanol–water partition coefficient (Wildman–Crippen LogP) is 2.59. The number of aromatic nitrogens is 1. The fraction of sp³-hybridized carbons (Fsp3) is 0.455. The number of anilines is 2. The van der Waals surface area contributed by atoms with Crippen molar-refractivity contribution in [1.82, 2.24) is 9.88 Å². The zero-order valence-corrected chi connectivity index (χ0v) is 18.8. The van der Waals surface area contributed by atoms with Gasteiger partial charge in [0.15, 0.2) is 0 Å². The quantitative estimate of drug-likeness (QED) is 0.725. The molecule has 0 radical (unpaired) electrons. The minimum atomic E-state index is -3.44. The number of amides is 1. The number of piperazine rings is 1. The lowest BCUT2D eigenvalue weighted by atomic mass is 10.1. The lowest BCUT2D eigenvalue weighted by molar-refractivity contribution is 0.0742. The highest BCUT2D eigenvalue weighted by Gasteiger charge is 2.34. The van der Waals surface area contributed by atoms with Crippen LogP contribution in [0.2, 0.25) is 0 Å². The van der Waals surface area contributed by atoms with Crippen LogP contribution < -0.4 is 9.21 Å². The predicted molar refractivity (Wildman–Crippen MR) is 119 cm³/mol. The van der Waals surface area contributed by atoms with Crippen LogP contribution in [0.1, 0.15) is 28.4 Å². The number of hydrogen-bond donors (Lipinski definition) is 0. The second kappa shape index (κ2) is 8.11. The lowest BCUT2D eigenvalue weighted by Gasteiger charge is -2.36. The maximum atomic E-state index is 14.8. The third-order valence-corrected chi connectivity index (χ3v) is 7.85. The molecular formula is C22H27FN4O3S. The number of aryl methyl sites for hydroxylation is 2. The molecule has 4 rings (SSSR count). The molecular weight excluding hydrogens is 419 g/mol. The van der Waals surface area contributed by atoms with Gasteiger partial charge in [-0.15, -0.1) is 0 Å². The van der Waals surface area contributed by atoms with Gasteiger partial charge in [0.1, 0.15) is 11.6 Å². The average Bonchev–Trinajstić information content (AvgIpc) is 2.99. The Hall–Kier alpha value is -2.68. The summed E-state index contributed by atoms with van der Waals surface area (Å²) in [4.78, 5) is 21.2. The number of sulfonamides is 1. The van der Waals surface area contributed by atoms with Gasteiger partial charge in [0.25, 0.3) is 5.91 Å². The summed E-state index contributed by atoms with van der Waals surface area (Å²) in [6.07, 6.45) is 1.83. The van der Waals surface area contributed by atoms with Crippen molar-refractivity contribution >= 4 is 27.4 Å². The molecule has 0 N–H and O–H groups in total. The molecule has 1 aromatic carbocycles. The molecule has 2 aliphatic heterocycles. The van der Waals surface area contributed by atoms with E-state index in [4.69, 9.17) is 0 Å². The lowest BCUT2D eigenvalue weighted by Crippen LogP contribution is -2.49. The molecule has 0 aliphatic carbocycles. The number of halogens is 1. The van der Waals surface area contributed by atoms with Gasteiger partial charge >= 0.3 is 0 Å². The first-order valence-electron chi connectivity index (χ1n) is 10.4. The van der Waals surface area contributed by atoms with Gasteiger partial charge in [-0.3, -0.25) is 9.10 Å². The standard InChI is InChI=1S/C22H27FN4O3S/c1-15-10-17(3)21(24-12-15)25-6-8-26(9-7-25)22(28)19-5-4-18(11-20(19)23)27-13-16(2)14-31(27,29)30/h4-5,10-12,16H,6-9,13-14H2,1-3H3/t16-/m1/s1. The first-order valence-corrected chi connectivity index (χ1v) is 12.0. The molecule has 7 nitrogen and oxygen atoms in total. The van der Waals surface area contributed by atoms with E-state index in [1.54, 1.807) is 4.90 Å². The fourth-order valence-corrected chi connectivity index (χ4v) is 6.25. The molecule has 1 atom stereocenters. The summed E-state index contributed by atoms with van der Waals surface area (Å²) in [6.45, 7) is 8.35. The van der Waals surface area contributed by atoms with Crippen molar-refractivity contribution in [3.8, 4) is 0 Å². The van der Waals surface area contributed by atoms with Gasteiger partial charge in [-0.2, -0.15) is 0 Å². The van der Waals surface area contributed by atoms with E-state index in [2.05, 4.69) is 16.0 Å². The highest BCUT2D eigenvalue weighted by molar-refractivity contribution is 7.93. The van der Waals surface area contributed by atoms with Crippen molar-refractivity contribution < 1.29 is 17.6 Å². The summed E-state index contributed by atoms with van der Waals surface area (Å²) in [5.74, 6) is -0.133. The summed E-state index contributed by atoms with van der Waals surface area (Å²) in [7, 11) is -3.44. The van der Waals surface area contributed by atoms with E-state index in [-0.39, 0.29) is 28.8 Å². The molecule has 166 valence electrons. The Morgan fingerprint density at radius 3 is 2.42 bits per heavy atom. The highest BCUT2D eigenvalue weighted by atomic mass is 32.2. The Morgan fingerprint density at radius 1 is 1.13 bits per heavy atom. The molecule has 2 saturated heterocycles. The van der Waals surface area contributed by atoms with Gasteiger partial charge in [0.05, 0.1) is 17.0 Å². The second-order valence-corrected chi connectivity index (χ2v) is 10.4. The Morgan fingerprint density at radius 2 is 1.84 bits per heavy atom. The number of benzene rings is 1. The molecule has 9 heteroatoms. The molecule has 3 heterocycles. The van der Waals surface area contributed by atoms with Gasteiger partial charge in [-0.05, 0) is 49.1 Å². The van der Waals surface area contributed by atoms with Gasteiger partial charge in [-0.1, -0.05) is 13.0 Å². The maximum absolute atomic E-state index is 14.8. The van der Waals surface area contributed by atoms with Crippen LogP contribution in [-0.2, 0) is 10.0 Å². The maximum Gasteiger partial charge on any atom is 0.256 e. The SMILES string of the molecule is Cc1cnc(N2CCN(C(=O)c3ccc(N4C[C@@H](C)CS4(=O)=O)cc3F)CC2)c(C)c1. The molecule has 1 amide bonds. The van der Waals surface area contributed by atoms with Crippen LogP contribution in [0.4, 0.5) is 15.9 Å². The Labute approximate surface area is 182 Å². The number of carbonyl (C=O) groups excluding carboxylic acids is 1. The van der Waals surface area contributed by atoms with Crippen molar-refractivity contribution in [1.29, 1.82) is 0 Å². The van der Waals surface area contributed by atoms with Gasteiger partial charge in [0.2, 0.25) is 10.0 Å². The van der Waals surface area contributed by atoms with Crippen LogP contribution in [0, 0.1) is 25.6 Å². The van der Waals surface area contributed by atoms with Crippen LogP contribution in [0.25, 0.3) is 0 Å². The van der Waals surface area contributed by atoms with Crippen LogP contribution in [-0.4, -0.2) is 62.7 Å². The summed E-state index contributed by atoms with van der Waals surface area (Å²) in [5, 5.41) is 0. The third-order valence-electron chi connectivity index (χ3n) is 5.83. The molecule has 0 saturated carbocycles. The van der Waals surface area contributed by atoms with E-state index in [0.717, 1.165) is 23.0 Å². The molecule has 2 aliphatic rings. The van der Waals surface area contributed by atoms with Gasteiger partial charge in [-0.25, -0.2) is 17.8 Å². The summed E-state index contributed by atoms with van der Waals surface area (Å²) < 4.78 is 40.5. The normalized spacial score (nSPS) is 20.9. The van der Waals surface area contributed by atoms with E-state index in [1.165, 1.54) is 16.4 Å². The van der Waals surface area contributed by atoms with E-state index >= 15 is 0 Å². The number of pyridine rings is 1. The van der Waals surface area contributed by atoms with Crippen LogP contribution >= 0.6 is 0 Å². The summed E-state index contributed by atoms with van der Waals surface area (Å²) in [5.41, 5.74) is 2.42. The van der Waals surface area contributed by atoms with Crippen molar-refractivity contribution in [3.63, 3.8) is 0 Å². The first kappa shape index (κ1) is 21.5. The van der Waals surface area contributed by atoms with Gasteiger partial charge in [0, 0.05) is 38.9 Å². The topological polar surface area (TPSA) is 73.8 Å². The van der Waals surface area contributed by atoms with Crippen LogP contribution in [0.5, 0.6) is 0 Å². The van der Waals surface area contributed by atoms with E-state index in [1.807, 2.05) is 27.0 Å². The Balaban J connectivity index is 1.46. The molecule has 0 spiro atoms. The minimum Gasteiger partial charge on any atom is -0.353 e. The van der Waals surface area contributed by atoms with Crippen LogP contribution in [0.3, 0.4) is 0 Å². The zero-order chi connectivity index (χ0) is 22.3. The molecule has 0 unspecified atom stereocenters. The van der Waals surface area contributed by atoms with E-state index < -0.39 is 15.8 Å². The Bertz CT molecular complexity index is 1110. The number of nitrogens with zero attached hydrogens (tertiary/aromatic N) is 4. The monoisotopic (exact) mass is 446 g/mol. The molecule has 31 heavy (non-hydrogen) atoms. The summed E-state index contributed by atoms with van der Waals surface area (Å²) in [6, 6.07) is 6.14. The smallest absolute Gasteiger partial charge is 0.256 e. The summed E-state index contributed by atoms with van der Waals surface area (Å²) >= 11 is 0. The molecule has 2 aromatic rings. The van der Waals surface area contributed by atoms with Crippen molar-refractivity contribution in [3.05, 3.63) is 53.0 Å². The molecule has 0 bridgehead atoms. The highest BCUT2D eigenvalue weighted by Crippen LogP contribution is 2.29. The second-order valence-electron chi connectivity index (χ2n) is 8.51. The van der Waals surface area contributed by atoms with Crippen LogP contribution in [0.15, 0.2) is 30.5 Å². The number of hydrogen-bond acceptors (Lipinski definition) is 5. The zero-order valence-electron chi connectivity index (χ0n) is 18.0. The van der Waals surface area contributed by atoms with E-state index in [0.29, 0.717) is 32.7 Å². The molecule has 1 aromatic heterocycles. The number of carbonyl (C=O) groups is 1. The van der Waals surface area contributed by atoms with E-state index in [9.17, 15) is 17.6 Å². The fourth-order valence-electron chi connectivity index (χ4n) is 4.33. The van der Waals surface area contributed by atoms with Crippen molar-refractivity contribution in [2.24, 2.45) is 5.92 Å². The Kier molecular flexibility index (Phi) is 5.63. The van der Waals surface area contributed by atoms with Crippen molar-refractivity contribution in [2.75, 3.05) is 47.7 Å². The minimum absolute atomic E-state index is 0.0164. The van der Waals surface area contributed by atoms with Crippen molar-refractivity contribution in [2.45, 2.75) is 20.8 Å². The molecule has 2 fully saturated rings. The average molecular weight is 447 g/mol. The van der Waals surface area contributed by atoms with Gasteiger partial charge < -0.3 is 9.80 Å². The first-order chi connectivity index (χ1) is 14.7. The largest absolute Gasteiger partial charge is 0.353 e. The third kappa shape index (κ3) is 4.23.